The van der Waals surface area contributed by atoms with Crippen LogP contribution in [0.5, 0.6) is 5.75 Å². The molecule has 0 atom stereocenters. The maximum Gasteiger partial charge on any atom is 0.266 e. The predicted octanol–water partition coefficient (Wildman–Crippen LogP) is 5.25. The molecule has 2 heterocycles. The van der Waals surface area contributed by atoms with Crippen molar-refractivity contribution in [2.45, 2.75) is 20.4 Å². The third-order valence-electron chi connectivity index (χ3n) is 4.98. The van der Waals surface area contributed by atoms with Gasteiger partial charge in [0.2, 0.25) is 0 Å². The van der Waals surface area contributed by atoms with Gasteiger partial charge in [0.15, 0.2) is 0 Å². The van der Waals surface area contributed by atoms with Crippen molar-refractivity contribution < 1.29 is 9.53 Å². The minimum Gasteiger partial charge on any atom is -0.491 e. The molecule has 1 aliphatic heterocycles. The molecule has 0 saturated carbocycles. The smallest absolute Gasteiger partial charge is 0.266 e. The van der Waals surface area contributed by atoms with Crippen LogP contribution in [0.1, 0.15) is 18.1 Å². The number of benzene rings is 2. The molecule has 1 aliphatic rings. The van der Waals surface area contributed by atoms with Crippen LogP contribution < -0.4 is 4.74 Å². The Balaban J connectivity index is 1.59. The Kier molecular flexibility index (Phi) is 5.74. The van der Waals surface area contributed by atoms with Gasteiger partial charge in [-0.25, -0.2) is 0 Å². The van der Waals surface area contributed by atoms with E-state index >= 15 is 0 Å². The lowest BCUT2D eigenvalue weighted by atomic mass is 10.1. The van der Waals surface area contributed by atoms with E-state index in [2.05, 4.69) is 22.9 Å². The van der Waals surface area contributed by atoms with Gasteiger partial charge in [-0.05, 0) is 37.6 Å². The molecule has 0 radical (unpaired) electrons. The third kappa shape index (κ3) is 3.95. The normalized spacial score (nSPS) is 15.7. The van der Waals surface area contributed by atoms with E-state index in [-0.39, 0.29) is 5.91 Å². The first kappa shape index (κ1) is 19.7. The average Bonchev–Trinajstić information content (AvgIpc) is 3.20. The predicted molar refractivity (Wildman–Crippen MR) is 124 cm³/mol. The number of para-hydroxylation sites is 2. The lowest BCUT2D eigenvalue weighted by Crippen LogP contribution is -2.27. The van der Waals surface area contributed by atoms with Crippen molar-refractivity contribution in [2.75, 3.05) is 13.2 Å². The van der Waals surface area contributed by atoms with Crippen molar-refractivity contribution in [1.29, 1.82) is 0 Å². The van der Waals surface area contributed by atoms with Crippen molar-refractivity contribution in [2.24, 2.45) is 0 Å². The Labute approximate surface area is 180 Å². The van der Waals surface area contributed by atoms with Gasteiger partial charge >= 0.3 is 0 Å². The Bertz CT molecular complexity index is 1120. The van der Waals surface area contributed by atoms with Crippen LogP contribution in [0.3, 0.4) is 0 Å². The van der Waals surface area contributed by atoms with Gasteiger partial charge in [0.05, 0.1) is 11.4 Å². The molecule has 0 unspecified atom stereocenters. The molecule has 0 spiro atoms. The number of aromatic nitrogens is 1. The van der Waals surface area contributed by atoms with Crippen LogP contribution in [0, 0.1) is 6.92 Å². The molecule has 0 bridgehead atoms. The van der Waals surface area contributed by atoms with Crippen LogP contribution in [-0.4, -0.2) is 32.8 Å². The van der Waals surface area contributed by atoms with Crippen LogP contribution in [-0.2, 0) is 11.3 Å². The summed E-state index contributed by atoms with van der Waals surface area (Å²) in [4.78, 5) is 14.9. The SMILES string of the molecule is CCN1C(=O)/C(=C/c2cn(CCOc3ccccc3C)c3ccccc23)SC1=S. The number of ether oxygens (including phenoxy) is 1. The molecule has 4 nitrogen and oxygen atoms in total. The molecular weight excluding hydrogens is 400 g/mol. The molecule has 1 amide bonds. The summed E-state index contributed by atoms with van der Waals surface area (Å²) in [5.74, 6) is 0.898. The summed E-state index contributed by atoms with van der Waals surface area (Å²) in [5, 5.41) is 1.12. The highest BCUT2D eigenvalue weighted by Crippen LogP contribution is 2.34. The molecule has 6 heteroatoms. The van der Waals surface area contributed by atoms with Gasteiger partial charge in [-0.1, -0.05) is 60.4 Å². The number of carbonyl (C=O) groups excluding carboxylic acids is 1. The summed E-state index contributed by atoms with van der Waals surface area (Å²) in [7, 11) is 0. The van der Waals surface area contributed by atoms with Crippen LogP contribution in [0.25, 0.3) is 17.0 Å². The van der Waals surface area contributed by atoms with Crippen LogP contribution in [0.4, 0.5) is 0 Å². The van der Waals surface area contributed by atoms with Crippen molar-refractivity contribution in [3.05, 3.63) is 70.8 Å². The molecule has 1 saturated heterocycles. The molecule has 29 heavy (non-hydrogen) atoms. The lowest BCUT2D eigenvalue weighted by molar-refractivity contribution is -0.121. The number of thioether (sulfide) groups is 1. The molecule has 148 valence electrons. The van der Waals surface area contributed by atoms with E-state index in [4.69, 9.17) is 17.0 Å². The summed E-state index contributed by atoms with van der Waals surface area (Å²) < 4.78 is 8.78. The summed E-state index contributed by atoms with van der Waals surface area (Å²) in [5.41, 5.74) is 3.27. The Morgan fingerprint density at radius 3 is 2.66 bits per heavy atom. The number of aryl methyl sites for hydroxylation is 1. The largest absolute Gasteiger partial charge is 0.491 e. The first-order valence-corrected chi connectivity index (χ1v) is 10.8. The number of carbonyl (C=O) groups is 1. The molecule has 0 N–H and O–H groups in total. The van der Waals surface area contributed by atoms with Gasteiger partial charge in [-0.2, -0.15) is 0 Å². The second-order valence-electron chi connectivity index (χ2n) is 6.83. The highest BCUT2D eigenvalue weighted by molar-refractivity contribution is 8.26. The fraction of sp³-hybridized carbons (Fsp3) is 0.217. The van der Waals surface area contributed by atoms with Gasteiger partial charge in [0.1, 0.15) is 16.7 Å². The second kappa shape index (κ2) is 8.43. The van der Waals surface area contributed by atoms with Gasteiger partial charge in [0, 0.05) is 29.2 Å². The van der Waals surface area contributed by atoms with Gasteiger partial charge in [0.25, 0.3) is 5.91 Å². The topological polar surface area (TPSA) is 34.5 Å². The number of nitrogens with zero attached hydrogens (tertiary/aromatic N) is 2. The summed E-state index contributed by atoms with van der Waals surface area (Å²) in [6.45, 7) is 5.87. The van der Waals surface area contributed by atoms with Crippen LogP contribution >= 0.6 is 24.0 Å². The molecular formula is C23H22N2O2S2. The zero-order chi connectivity index (χ0) is 20.4. The maximum atomic E-state index is 12.6. The number of fused-ring (bicyclic) bond motifs is 1. The van der Waals surface area contributed by atoms with E-state index in [9.17, 15) is 4.79 Å². The van der Waals surface area contributed by atoms with E-state index in [1.165, 1.54) is 11.8 Å². The van der Waals surface area contributed by atoms with E-state index < -0.39 is 0 Å². The van der Waals surface area contributed by atoms with Gasteiger partial charge < -0.3 is 9.30 Å². The monoisotopic (exact) mass is 422 g/mol. The Morgan fingerprint density at radius 1 is 1.14 bits per heavy atom. The third-order valence-corrected chi connectivity index (χ3v) is 6.36. The number of rotatable bonds is 6. The van der Waals surface area contributed by atoms with E-state index in [1.54, 1.807) is 4.90 Å². The molecule has 4 rings (SSSR count). The number of amides is 1. The number of likely N-dealkylation sites (N-methyl/N-ethyl adjacent to an activating group) is 1. The summed E-state index contributed by atoms with van der Waals surface area (Å²) >= 11 is 6.70. The number of hydrogen-bond donors (Lipinski definition) is 0. The molecule has 1 aromatic heterocycles. The molecule has 3 aromatic rings. The van der Waals surface area contributed by atoms with Crippen molar-refractivity contribution in [3.8, 4) is 5.75 Å². The van der Waals surface area contributed by atoms with Crippen LogP contribution in [0.15, 0.2) is 59.6 Å². The minimum absolute atomic E-state index is 0.0118. The lowest BCUT2D eigenvalue weighted by Gasteiger charge is -2.10. The number of hydrogen-bond acceptors (Lipinski definition) is 4. The summed E-state index contributed by atoms with van der Waals surface area (Å²) in [6, 6.07) is 16.3. The first-order valence-electron chi connectivity index (χ1n) is 9.60. The van der Waals surface area contributed by atoms with E-state index in [0.717, 1.165) is 34.3 Å². The average molecular weight is 423 g/mol. The van der Waals surface area contributed by atoms with Crippen LogP contribution in [0.2, 0.25) is 0 Å². The maximum absolute atomic E-state index is 12.6. The van der Waals surface area contributed by atoms with Crippen molar-refractivity contribution in [1.82, 2.24) is 9.47 Å². The quantitative estimate of drug-likeness (QED) is 0.401. The molecule has 1 fully saturated rings. The Hall–Kier alpha value is -2.57. The zero-order valence-electron chi connectivity index (χ0n) is 16.4. The van der Waals surface area contributed by atoms with Crippen molar-refractivity contribution >= 4 is 51.2 Å². The second-order valence-corrected chi connectivity index (χ2v) is 8.51. The zero-order valence-corrected chi connectivity index (χ0v) is 18.1. The minimum atomic E-state index is -0.0118. The van der Waals surface area contributed by atoms with Gasteiger partial charge in [-0.3, -0.25) is 9.69 Å². The van der Waals surface area contributed by atoms with E-state index in [0.29, 0.717) is 22.4 Å². The fourth-order valence-electron chi connectivity index (χ4n) is 3.46. The standard InChI is InChI=1S/C23H22N2O2S2/c1-3-25-22(26)21(29-23(25)28)14-17-15-24(19-10-6-5-9-18(17)19)12-13-27-20-11-7-4-8-16(20)2/h4-11,14-15H,3,12-13H2,1-2H3/b21-14-. The number of thiocarbonyl (C=S) groups is 1. The highest BCUT2D eigenvalue weighted by atomic mass is 32.2. The summed E-state index contributed by atoms with van der Waals surface area (Å²) in [6.07, 6.45) is 4.04. The Morgan fingerprint density at radius 2 is 1.90 bits per heavy atom. The fourth-order valence-corrected chi connectivity index (χ4v) is 4.84. The molecule has 0 aliphatic carbocycles. The molecule has 2 aromatic carbocycles. The van der Waals surface area contributed by atoms with Crippen molar-refractivity contribution in [3.63, 3.8) is 0 Å². The first-order chi connectivity index (χ1) is 14.1. The highest BCUT2D eigenvalue weighted by Gasteiger charge is 2.30. The van der Waals surface area contributed by atoms with E-state index in [1.807, 2.05) is 56.3 Å². The van der Waals surface area contributed by atoms with Gasteiger partial charge in [-0.15, -0.1) is 0 Å².